The molecular formula is C29H63N3O16. The maximum atomic E-state index is 8.54. The summed E-state index contributed by atoms with van der Waals surface area (Å²) >= 11 is 0. The maximum Gasteiger partial charge on any atom is 0.206 e. The minimum absolute atomic E-state index is 0.0230. The highest BCUT2D eigenvalue weighted by molar-refractivity contribution is 5.59. The fraction of sp³-hybridized carbons (Fsp3) is 0.931. The smallest absolute Gasteiger partial charge is 0.206 e. The van der Waals surface area contributed by atoms with E-state index in [1.807, 2.05) is 0 Å². The first-order valence-corrected chi connectivity index (χ1v) is 15.9. The number of rotatable bonds is 39. The van der Waals surface area contributed by atoms with Crippen molar-refractivity contribution in [3.8, 4) is 0 Å². The van der Waals surface area contributed by atoms with Crippen LogP contribution >= 0.6 is 0 Å². The number of hydrogen-bond donors (Lipinski definition) is 4. The van der Waals surface area contributed by atoms with Crippen molar-refractivity contribution in [1.82, 2.24) is 0 Å². The van der Waals surface area contributed by atoms with E-state index in [9.17, 15) is 0 Å². The van der Waals surface area contributed by atoms with Gasteiger partial charge in [0.15, 0.2) is 0 Å². The number of nitrogens with two attached hydrogens (primary N) is 1. The summed E-state index contributed by atoms with van der Waals surface area (Å²) in [5.41, 5.74) is 2.75. The second-order valence-electron chi connectivity index (χ2n) is 8.73. The summed E-state index contributed by atoms with van der Waals surface area (Å²) in [5, 5.41) is 33.2. The van der Waals surface area contributed by atoms with Crippen molar-refractivity contribution in [3.05, 3.63) is 0 Å². The van der Waals surface area contributed by atoms with Crippen molar-refractivity contribution in [1.29, 1.82) is 2.86 Å². The van der Waals surface area contributed by atoms with Crippen molar-refractivity contribution in [3.63, 3.8) is 0 Å². The van der Waals surface area contributed by atoms with Gasteiger partial charge in [0.05, 0.1) is 145 Å². The number of nitrogens with zero attached hydrogens (tertiary/aromatic N) is 2. The van der Waals surface area contributed by atoms with E-state index in [0.29, 0.717) is 139 Å². The molecule has 0 aromatic carbocycles. The Morgan fingerprint density at radius 2 is 0.688 bits per heavy atom. The summed E-state index contributed by atoms with van der Waals surface area (Å²) in [6.45, 7) is 9.52. The highest BCUT2D eigenvalue weighted by Crippen LogP contribution is 1.92. The van der Waals surface area contributed by atoms with Gasteiger partial charge in [0, 0.05) is 12.4 Å². The van der Waals surface area contributed by atoms with Gasteiger partial charge in [-0.1, -0.05) is 10.3 Å². The first-order chi connectivity index (χ1) is 24.7. The molecule has 0 aliphatic heterocycles. The quantitative estimate of drug-likeness (QED) is 0.0316. The van der Waals surface area contributed by atoms with E-state index < -0.39 is 0 Å². The van der Waals surface area contributed by atoms with Crippen LogP contribution in [-0.2, 0) is 57.1 Å². The lowest BCUT2D eigenvalue weighted by molar-refractivity contribution is -0.00569. The van der Waals surface area contributed by atoms with Crippen LogP contribution in [0.5, 0.6) is 0 Å². The van der Waals surface area contributed by atoms with Gasteiger partial charge in [0.1, 0.15) is 13.2 Å². The van der Waals surface area contributed by atoms with Gasteiger partial charge >= 0.3 is 0 Å². The van der Waals surface area contributed by atoms with Gasteiger partial charge < -0.3 is 77.9 Å². The summed E-state index contributed by atoms with van der Waals surface area (Å²) in [6.07, 6.45) is 5.91. The Morgan fingerprint density at radius 1 is 0.438 bits per heavy atom. The van der Waals surface area contributed by atoms with Gasteiger partial charge in [-0.25, -0.2) is 5.90 Å². The fourth-order valence-corrected chi connectivity index (χ4v) is 2.74. The van der Waals surface area contributed by atoms with Crippen LogP contribution in [0.3, 0.4) is 0 Å². The second-order valence-corrected chi connectivity index (χ2v) is 8.73. The molecule has 0 aliphatic carbocycles. The van der Waals surface area contributed by atoms with Crippen molar-refractivity contribution in [2.45, 2.75) is 19.3 Å². The molecule has 0 rings (SSSR count). The van der Waals surface area contributed by atoms with Crippen molar-refractivity contribution < 1.29 is 77.9 Å². The molecule has 0 unspecified atom stereocenters. The normalized spacial score (nSPS) is 11.6. The Kier molecular flexibility index (Phi) is 50.4. The number of aliphatic hydroxyl groups is 3. The van der Waals surface area contributed by atoms with E-state index in [1.54, 1.807) is 12.4 Å². The molecule has 0 spiro atoms. The van der Waals surface area contributed by atoms with Gasteiger partial charge in [0.25, 0.3) is 0 Å². The van der Waals surface area contributed by atoms with E-state index >= 15 is 0 Å². The van der Waals surface area contributed by atoms with Crippen LogP contribution in [0.25, 0.3) is 0 Å². The van der Waals surface area contributed by atoms with E-state index in [0.717, 1.165) is 19.3 Å². The fourth-order valence-electron chi connectivity index (χ4n) is 2.74. The van der Waals surface area contributed by atoms with Crippen molar-refractivity contribution in [2.24, 2.45) is 16.2 Å². The van der Waals surface area contributed by atoms with Crippen LogP contribution in [0.15, 0.2) is 10.3 Å². The molecule has 0 aromatic heterocycles. The van der Waals surface area contributed by atoms with Gasteiger partial charge in [0.2, 0.25) is 2.86 Å². The molecule has 290 valence electrons. The number of ether oxygens (including phenoxy) is 9. The highest BCUT2D eigenvalue weighted by atomic mass is 16.6. The highest BCUT2D eigenvalue weighted by Gasteiger charge is 1.94. The Bertz CT molecular complexity index is 579. The molecule has 48 heavy (non-hydrogen) atoms. The Morgan fingerprint density at radius 3 is 0.958 bits per heavy atom. The number of aliphatic hydroxyl groups excluding tert-OH is 3. The number of oxime groups is 2. The minimum atomic E-state index is 0.0230. The van der Waals surface area contributed by atoms with E-state index in [4.69, 9.17) is 76.4 Å². The molecule has 0 radical (unpaired) electrons. The van der Waals surface area contributed by atoms with Crippen LogP contribution < -0.4 is 5.90 Å². The third-order valence-electron chi connectivity index (χ3n) is 4.89. The minimum Gasteiger partial charge on any atom is -0.412 e. The predicted molar refractivity (Wildman–Crippen MR) is 175 cm³/mol. The SMILES string of the molecule is NOCCOCCOCCOCCO.OCCOCCOCCOCCO/N=C/CCC/C=N/OCCOCCOCCOCCO.[2H]O[2H]. The lowest BCUT2D eigenvalue weighted by Crippen LogP contribution is -2.13. The monoisotopic (exact) mass is 711 g/mol. The molecule has 0 amide bonds. The average molecular weight is 712 g/mol. The van der Waals surface area contributed by atoms with Crippen molar-refractivity contribution in [2.75, 3.05) is 159 Å². The molecule has 19 nitrogen and oxygen atoms in total. The molecule has 0 saturated heterocycles. The first-order valence-electron chi connectivity index (χ1n) is 16.8. The Labute approximate surface area is 287 Å². The summed E-state index contributed by atoms with van der Waals surface area (Å²) in [5.74, 6) is 4.79. The second kappa shape index (κ2) is 52.2. The molecule has 0 saturated carbocycles. The third kappa shape index (κ3) is 53.8. The summed E-state index contributed by atoms with van der Waals surface area (Å²) in [4.78, 5) is 14.5. The van der Waals surface area contributed by atoms with Crippen LogP contribution in [-0.4, -0.2) is 195 Å². The molecule has 0 bridgehead atoms. The van der Waals surface area contributed by atoms with E-state index in [2.05, 4.69) is 20.6 Å². The van der Waals surface area contributed by atoms with Crippen LogP contribution in [0.4, 0.5) is 0 Å². The zero-order chi connectivity index (χ0) is 37.1. The molecule has 0 atom stereocenters. The van der Waals surface area contributed by atoms with E-state index in [-0.39, 0.29) is 19.8 Å². The van der Waals surface area contributed by atoms with Crippen LogP contribution in [0.1, 0.15) is 19.3 Å². The standard InChI is InChI=1S/C21H42N2O10.C8H19NO5.H2O/c24-6-8-26-10-12-28-14-16-30-18-20-32-22-4-2-1-3-5-23-33-21-19-31-17-15-29-13-11-27-9-7-25;9-14-8-7-13-6-5-12-4-3-11-2-1-10;/h4-5,24-25H,1-3,6-21H2;10H,1-9H2;1H2/b22-4+,23-5+;;/i/hD2. The lowest BCUT2D eigenvalue weighted by Gasteiger charge is -2.05. The Balaban J connectivity index is -0.00000107. The lowest BCUT2D eigenvalue weighted by atomic mass is 10.3. The van der Waals surface area contributed by atoms with E-state index in [1.165, 1.54) is 0 Å². The number of unbranched alkanes of at least 4 members (excludes halogenated alkanes) is 2. The summed E-state index contributed by atoms with van der Waals surface area (Å²) < 4.78 is 57.3. The van der Waals surface area contributed by atoms with Gasteiger partial charge in [-0.3, -0.25) is 0 Å². The zero-order valence-electron chi connectivity index (χ0n) is 30.4. The Hall–Kier alpha value is -1.66. The zero-order valence-corrected chi connectivity index (χ0v) is 28.4. The number of hydrogen-bond acceptors (Lipinski definition) is 18. The molecular weight excluding hydrogens is 646 g/mol. The largest absolute Gasteiger partial charge is 0.412 e. The van der Waals surface area contributed by atoms with Gasteiger partial charge in [-0.05, 0) is 19.3 Å². The average Bonchev–Trinajstić information content (AvgIpc) is 3.12. The van der Waals surface area contributed by atoms with Crippen LogP contribution in [0.2, 0.25) is 0 Å². The topological polar surface area (TPSA) is 254 Å². The van der Waals surface area contributed by atoms with Crippen molar-refractivity contribution >= 4 is 12.4 Å². The van der Waals surface area contributed by atoms with Crippen LogP contribution in [0, 0.1) is 0 Å². The molecule has 7 N–H and O–H groups in total. The third-order valence-corrected chi connectivity index (χ3v) is 4.89. The first kappa shape index (κ1) is 46.3. The molecule has 0 fully saturated rings. The molecule has 0 heterocycles. The molecule has 0 aromatic rings. The van der Waals surface area contributed by atoms with Gasteiger partial charge in [-0.15, -0.1) is 0 Å². The summed E-state index contributed by atoms with van der Waals surface area (Å²) in [6, 6.07) is 0. The van der Waals surface area contributed by atoms with Gasteiger partial charge in [-0.2, -0.15) is 0 Å². The maximum absolute atomic E-state index is 8.54. The molecule has 0 aliphatic rings. The predicted octanol–water partition coefficient (Wildman–Crippen LogP) is -1.66. The summed E-state index contributed by atoms with van der Waals surface area (Å²) in [7, 11) is 0. The molecule has 19 heteroatoms.